The second-order valence-electron chi connectivity index (χ2n) is 4.26. The Morgan fingerprint density at radius 3 is 2.24 bits per heavy atom. The highest BCUT2D eigenvalue weighted by molar-refractivity contribution is 5.62. The molecular formula is C17H17NO3. The zero-order chi connectivity index (χ0) is 15.2. The van der Waals surface area contributed by atoms with Crippen LogP contribution >= 0.6 is 0 Å². The minimum absolute atomic E-state index is 0.527. The van der Waals surface area contributed by atoms with E-state index in [2.05, 4.69) is 11.8 Å². The SMILES string of the molecule is COc1ccc(C#Cc2cccc(N)c2)c(OC)c1OC. The summed E-state index contributed by atoms with van der Waals surface area (Å²) in [6.45, 7) is 0. The average molecular weight is 283 g/mol. The van der Waals surface area contributed by atoms with Gasteiger partial charge in [0.2, 0.25) is 5.75 Å². The van der Waals surface area contributed by atoms with Gasteiger partial charge in [0.15, 0.2) is 11.5 Å². The van der Waals surface area contributed by atoms with Crippen LogP contribution in [0.1, 0.15) is 11.1 Å². The predicted molar refractivity (Wildman–Crippen MR) is 82.9 cm³/mol. The van der Waals surface area contributed by atoms with Crippen molar-refractivity contribution in [2.45, 2.75) is 0 Å². The molecule has 2 aromatic rings. The van der Waals surface area contributed by atoms with E-state index in [-0.39, 0.29) is 0 Å². The molecule has 0 atom stereocenters. The molecule has 2 rings (SSSR count). The highest BCUT2D eigenvalue weighted by Gasteiger charge is 2.14. The van der Waals surface area contributed by atoms with Crippen LogP contribution in [0, 0.1) is 11.8 Å². The smallest absolute Gasteiger partial charge is 0.204 e. The molecule has 0 heterocycles. The van der Waals surface area contributed by atoms with Crippen molar-refractivity contribution >= 4 is 5.69 Å². The lowest BCUT2D eigenvalue weighted by Gasteiger charge is -2.13. The second-order valence-corrected chi connectivity index (χ2v) is 4.26. The summed E-state index contributed by atoms with van der Waals surface area (Å²) in [6.07, 6.45) is 0. The number of ether oxygens (including phenoxy) is 3. The topological polar surface area (TPSA) is 53.7 Å². The molecule has 108 valence electrons. The first-order valence-corrected chi connectivity index (χ1v) is 6.36. The maximum atomic E-state index is 5.74. The van der Waals surface area contributed by atoms with E-state index >= 15 is 0 Å². The molecule has 0 bridgehead atoms. The van der Waals surface area contributed by atoms with Crippen molar-refractivity contribution in [1.29, 1.82) is 0 Å². The Morgan fingerprint density at radius 2 is 1.62 bits per heavy atom. The van der Waals surface area contributed by atoms with E-state index in [1.54, 1.807) is 27.4 Å². The molecule has 0 saturated carbocycles. The number of methoxy groups -OCH3 is 3. The first-order chi connectivity index (χ1) is 10.2. The fourth-order valence-corrected chi connectivity index (χ4v) is 1.96. The van der Waals surface area contributed by atoms with E-state index in [0.717, 1.165) is 11.1 Å². The third kappa shape index (κ3) is 3.21. The van der Waals surface area contributed by atoms with E-state index in [1.807, 2.05) is 30.3 Å². The van der Waals surface area contributed by atoms with Gasteiger partial charge in [0.1, 0.15) is 0 Å². The summed E-state index contributed by atoms with van der Waals surface area (Å²) in [5.41, 5.74) is 7.98. The van der Waals surface area contributed by atoms with Crippen molar-refractivity contribution in [1.82, 2.24) is 0 Å². The van der Waals surface area contributed by atoms with E-state index in [0.29, 0.717) is 22.9 Å². The Kier molecular flexibility index (Phi) is 4.57. The summed E-state index contributed by atoms with van der Waals surface area (Å²) < 4.78 is 16.0. The van der Waals surface area contributed by atoms with Crippen molar-refractivity contribution < 1.29 is 14.2 Å². The zero-order valence-electron chi connectivity index (χ0n) is 12.3. The van der Waals surface area contributed by atoms with Gasteiger partial charge < -0.3 is 19.9 Å². The van der Waals surface area contributed by atoms with E-state index < -0.39 is 0 Å². The summed E-state index contributed by atoms with van der Waals surface area (Å²) in [5.74, 6) is 7.80. The van der Waals surface area contributed by atoms with Crippen LogP contribution in [0.5, 0.6) is 17.2 Å². The number of nitrogens with two attached hydrogens (primary N) is 1. The lowest BCUT2D eigenvalue weighted by atomic mass is 10.1. The standard InChI is InChI=1S/C17H17NO3/c1-19-15-10-9-13(16(20-2)17(15)21-3)8-7-12-5-4-6-14(18)11-12/h4-6,9-11H,18H2,1-3H3. The molecule has 4 nitrogen and oxygen atoms in total. The molecule has 0 saturated heterocycles. The normalized spacial score (nSPS) is 9.48. The number of hydrogen-bond acceptors (Lipinski definition) is 4. The van der Waals surface area contributed by atoms with Crippen LogP contribution in [0.25, 0.3) is 0 Å². The summed E-state index contributed by atoms with van der Waals surface area (Å²) in [6, 6.07) is 11.0. The lowest BCUT2D eigenvalue weighted by Crippen LogP contribution is -1.97. The Morgan fingerprint density at radius 1 is 0.857 bits per heavy atom. The molecule has 21 heavy (non-hydrogen) atoms. The molecule has 0 aliphatic rings. The van der Waals surface area contributed by atoms with Crippen LogP contribution < -0.4 is 19.9 Å². The fourth-order valence-electron chi connectivity index (χ4n) is 1.96. The van der Waals surface area contributed by atoms with Crippen LogP contribution in [0.4, 0.5) is 5.69 Å². The van der Waals surface area contributed by atoms with E-state index in [1.165, 1.54) is 0 Å². The summed E-state index contributed by atoms with van der Waals surface area (Å²) >= 11 is 0. The van der Waals surface area contributed by atoms with Gasteiger partial charge in [-0.15, -0.1) is 0 Å². The summed E-state index contributed by atoms with van der Waals surface area (Å²) in [5, 5.41) is 0. The van der Waals surface area contributed by atoms with Gasteiger partial charge in [0.05, 0.1) is 26.9 Å². The molecule has 0 aliphatic carbocycles. The zero-order valence-corrected chi connectivity index (χ0v) is 12.3. The number of anilines is 1. The van der Waals surface area contributed by atoms with Gasteiger partial charge in [0, 0.05) is 11.3 Å². The Hall–Kier alpha value is -2.80. The largest absolute Gasteiger partial charge is 0.493 e. The molecule has 0 radical (unpaired) electrons. The number of rotatable bonds is 3. The lowest BCUT2D eigenvalue weighted by molar-refractivity contribution is 0.324. The average Bonchev–Trinajstić information content (AvgIpc) is 2.51. The number of nitrogen functional groups attached to an aromatic ring is 1. The van der Waals surface area contributed by atoms with Gasteiger partial charge in [0.25, 0.3) is 0 Å². The first kappa shape index (κ1) is 14.6. The molecule has 0 aromatic heterocycles. The Balaban J connectivity index is 2.46. The Labute approximate surface area is 124 Å². The molecule has 0 fully saturated rings. The molecule has 0 amide bonds. The van der Waals surface area contributed by atoms with Crippen LogP contribution in [-0.2, 0) is 0 Å². The van der Waals surface area contributed by atoms with Gasteiger partial charge in [-0.05, 0) is 30.3 Å². The highest BCUT2D eigenvalue weighted by atomic mass is 16.5. The molecular weight excluding hydrogens is 266 g/mol. The van der Waals surface area contributed by atoms with Crippen molar-refractivity contribution in [3.8, 4) is 29.1 Å². The molecule has 4 heteroatoms. The van der Waals surface area contributed by atoms with Crippen LogP contribution in [0.15, 0.2) is 36.4 Å². The number of hydrogen-bond donors (Lipinski definition) is 1. The van der Waals surface area contributed by atoms with Crippen molar-refractivity contribution in [3.63, 3.8) is 0 Å². The molecule has 2 N–H and O–H groups in total. The van der Waals surface area contributed by atoms with Crippen molar-refractivity contribution in [2.24, 2.45) is 0 Å². The van der Waals surface area contributed by atoms with Gasteiger partial charge in [-0.25, -0.2) is 0 Å². The minimum Gasteiger partial charge on any atom is -0.493 e. The quantitative estimate of drug-likeness (QED) is 0.695. The first-order valence-electron chi connectivity index (χ1n) is 6.36. The van der Waals surface area contributed by atoms with Crippen LogP contribution in [0.2, 0.25) is 0 Å². The minimum atomic E-state index is 0.527. The van der Waals surface area contributed by atoms with Gasteiger partial charge in [-0.2, -0.15) is 0 Å². The van der Waals surface area contributed by atoms with Crippen LogP contribution in [0.3, 0.4) is 0 Å². The fraction of sp³-hybridized carbons (Fsp3) is 0.176. The molecule has 0 unspecified atom stereocenters. The van der Waals surface area contributed by atoms with Crippen LogP contribution in [-0.4, -0.2) is 21.3 Å². The van der Waals surface area contributed by atoms with Crippen molar-refractivity contribution in [3.05, 3.63) is 47.5 Å². The monoisotopic (exact) mass is 283 g/mol. The Bertz CT molecular complexity index is 699. The maximum Gasteiger partial charge on any atom is 0.204 e. The third-order valence-corrected chi connectivity index (χ3v) is 2.93. The molecule has 0 spiro atoms. The summed E-state index contributed by atoms with van der Waals surface area (Å²) in [7, 11) is 4.72. The highest BCUT2D eigenvalue weighted by Crippen LogP contribution is 2.39. The predicted octanol–water partition coefficient (Wildman–Crippen LogP) is 2.69. The van der Waals surface area contributed by atoms with Gasteiger partial charge >= 0.3 is 0 Å². The van der Waals surface area contributed by atoms with E-state index in [9.17, 15) is 0 Å². The third-order valence-electron chi connectivity index (χ3n) is 2.93. The molecule has 0 aliphatic heterocycles. The maximum absolute atomic E-state index is 5.74. The number of benzene rings is 2. The van der Waals surface area contributed by atoms with Gasteiger partial charge in [-0.3, -0.25) is 0 Å². The van der Waals surface area contributed by atoms with E-state index in [4.69, 9.17) is 19.9 Å². The second kappa shape index (κ2) is 6.58. The van der Waals surface area contributed by atoms with Crippen molar-refractivity contribution in [2.75, 3.05) is 27.1 Å². The van der Waals surface area contributed by atoms with Gasteiger partial charge in [-0.1, -0.05) is 17.9 Å². The molecule has 2 aromatic carbocycles. The summed E-state index contributed by atoms with van der Waals surface area (Å²) in [4.78, 5) is 0.